The van der Waals surface area contributed by atoms with E-state index < -0.39 is 0 Å². The van der Waals surface area contributed by atoms with Crippen molar-refractivity contribution >= 4 is 0 Å². The predicted octanol–water partition coefficient (Wildman–Crippen LogP) is 3.46. The van der Waals surface area contributed by atoms with Crippen molar-refractivity contribution in [3.05, 3.63) is 29.3 Å². The molecule has 1 aliphatic carbocycles. The van der Waals surface area contributed by atoms with E-state index in [0.29, 0.717) is 6.04 Å². The quantitative estimate of drug-likeness (QED) is 0.860. The SMILES string of the molecule is CNC(COc1cc(C)ccc1C)C1CCCC1. The van der Waals surface area contributed by atoms with E-state index in [1.165, 1.54) is 36.8 Å². The molecule has 1 saturated carbocycles. The molecule has 0 aromatic heterocycles. The Hall–Kier alpha value is -1.02. The second-order valence-corrected chi connectivity index (χ2v) is 5.52. The molecule has 1 aliphatic rings. The highest BCUT2D eigenvalue weighted by molar-refractivity contribution is 5.35. The van der Waals surface area contributed by atoms with Crippen LogP contribution in [0.25, 0.3) is 0 Å². The highest BCUT2D eigenvalue weighted by Crippen LogP contribution is 2.28. The van der Waals surface area contributed by atoms with Crippen LogP contribution in [0.4, 0.5) is 0 Å². The maximum atomic E-state index is 6.02. The average Bonchev–Trinajstić information content (AvgIpc) is 2.88. The van der Waals surface area contributed by atoms with Gasteiger partial charge in [-0.1, -0.05) is 25.0 Å². The first-order valence-corrected chi connectivity index (χ1v) is 7.08. The van der Waals surface area contributed by atoms with Crippen molar-refractivity contribution in [3.8, 4) is 5.75 Å². The number of rotatable bonds is 5. The zero-order chi connectivity index (χ0) is 13.0. The van der Waals surface area contributed by atoms with Crippen molar-refractivity contribution in [2.75, 3.05) is 13.7 Å². The van der Waals surface area contributed by atoms with E-state index in [1.807, 2.05) is 0 Å². The van der Waals surface area contributed by atoms with Crippen molar-refractivity contribution in [1.82, 2.24) is 5.32 Å². The van der Waals surface area contributed by atoms with E-state index in [-0.39, 0.29) is 0 Å². The molecule has 2 heteroatoms. The molecule has 100 valence electrons. The van der Waals surface area contributed by atoms with Crippen molar-refractivity contribution in [1.29, 1.82) is 0 Å². The van der Waals surface area contributed by atoms with Crippen molar-refractivity contribution < 1.29 is 4.74 Å². The third-order valence-electron chi connectivity index (χ3n) is 4.10. The van der Waals surface area contributed by atoms with Gasteiger partial charge in [-0.2, -0.15) is 0 Å². The topological polar surface area (TPSA) is 21.3 Å². The first kappa shape index (κ1) is 13.4. The fraction of sp³-hybridized carbons (Fsp3) is 0.625. The number of likely N-dealkylation sites (N-methyl/N-ethyl adjacent to an activating group) is 1. The Morgan fingerprint density at radius 2 is 2.00 bits per heavy atom. The number of benzene rings is 1. The minimum atomic E-state index is 0.493. The largest absolute Gasteiger partial charge is 0.492 e. The molecule has 1 atom stereocenters. The molecule has 1 N–H and O–H groups in total. The molecule has 2 rings (SSSR count). The Labute approximate surface area is 111 Å². The van der Waals surface area contributed by atoms with Gasteiger partial charge in [-0.25, -0.2) is 0 Å². The molecule has 0 spiro atoms. The monoisotopic (exact) mass is 247 g/mol. The number of hydrogen-bond acceptors (Lipinski definition) is 2. The third kappa shape index (κ3) is 3.26. The van der Waals surface area contributed by atoms with Gasteiger partial charge in [0, 0.05) is 6.04 Å². The van der Waals surface area contributed by atoms with E-state index in [4.69, 9.17) is 4.74 Å². The highest BCUT2D eigenvalue weighted by Gasteiger charge is 2.24. The van der Waals surface area contributed by atoms with Gasteiger partial charge in [0.1, 0.15) is 12.4 Å². The number of ether oxygens (including phenoxy) is 1. The molecule has 2 nitrogen and oxygen atoms in total. The smallest absolute Gasteiger partial charge is 0.122 e. The Morgan fingerprint density at radius 3 is 2.67 bits per heavy atom. The van der Waals surface area contributed by atoms with Crippen LogP contribution in [0.5, 0.6) is 5.75 Å². The summed E-state index contributed by atoms with van der Waals surface area (Å²) in [5.74, 6) is 1.83. The van der Waals surface area contributed by atoms with Crippen molar-refractivity contribution in [2.45, 2.75) is 45.6 Å². The lowest BCUT2D eigenvalue weighted by molar-refractivity contribution is 0.224. The molecule has 18 heavy (non-hydrogen) atoms. The second kappa shape index (κ2) is 6.24. The zero-order valence-electron chi connectivity index (χ0n) is 11.8. The van der Waals surface area contributed by atoms with Crippen LogP contribution in [0.3, 0.4) is 0 Å². The summed E-state index contributed by atoms with van der Waals surface area (Å²) >= 11 is 0. The number of nitrogens with one attached hydrogen (secondary N) is 1. The third-order valence-corrected chi connectivity index (χ3v) is 4.10. The lowest BCUT2D eigenvalue weighted by Gasteiger charge is -2.23. The Morgan fingerprint density at radius 1 is 1.28 bits per heavy atom. The molecule has 1 unspecified atom stereocenters. The summed E-state index contributed by atoms with van der Waals surface area (Å²) in [4.78, 5) is 0. The molecule has 0 amide bonds. The lowest BCUT2D eigenvalue weighted by Crippen LogP contribution is -2.37. The summed E-state index contributed by atoms with van der Waals surface area (Å²) < 4.78 is 6.02. The van der Waals surface area contributed by atoms with Gasteiger partial charge >= 0.3 is 0 Å². The van der Waals surface area contributed by atoms with Crippen LogP contribution in [0.1, 0.15) is 36.8 Å². The molecule has 1 fully saturated rings. The minimum absolute atomic E-state index is 0.493. The van der Waals surface area contributed by atoms with Crippen LogP contribution >= 0.6 is 0 Å². The standard InChI is InChI=1S/C16H25NO/c1-12-8-9-13(2)16(10-12)18-11-15(17-3)14-6-4-5-7-14/h8-10,14-15,17H,4-7,11H2,1-3H3. The molecule has 0 saturated heterocycles. The molecular formula is C16H25NO. The van der Waals surface area contributed by atoms with E-state index >= 15 is 0 Å². The van der Waals surface area contributed by atoms with Gasteiger partial charge < -0.3 is 10.1 Å². The van der Waals surface area contributed by atoms with Gasteiger partial charge in [0.15, 0.2) is 0 Å². The summed E-state index contributed by atoms with van der Waals surface area (Å²) in [5, 5.41) is 3.42. The number of hydrogen-bond donors (Lipinski definition) is 1. The highest BCUT2D eigenvalue weighted by atomic mass is 16.5. The summed E-state index contributed by atoms with van der Waals surface area (Å²) in [5.41, 5.74) is 2.49. The van der Waals surface area contributed by atoms with Gasteiger partial charge in [0.05, 0.1) is 0 Å². The van der Waals surface area contributed by atoms with Gasteiger partial charge in [-0.15, -0.1) is 0 Å². The Bertz CT molecular complexity index is 383. The van der Waals surface area contributed by atoms with Crippen LogP contribution in [-0.4, -0.2) is 19.7 Å². The first-order chi connectivity index (χ1) is 8.70. The molecule has 0 aliphatic heterocycles. The first-order valence-electron chi connectivity index (χ1n) is 7.08. The summed E-state index contributed by atoms with van der Waals surface area (Å²) in [7, 11) is 2.05. The van der Waals surface area contributed by atoms with E-state index in [2.05, 4.69) is 44.4 Å². The van der Waals surface area contributed by atoms with Crippen molar-refractivity contribution in [3.63, 3.8) is 0 Å². The summed E-state index contributed by atoms with van der Waals surface area (Å²) in [6.45, 7) is 5.00. The predicted molar refractivity (Wildman–Crippen MR) is 76.2 cm³/mol. The van der Waals surface area contributed by atoms with E-state index in [9.17, 15) is 0 Å². The maximum absolute atomic E-state index is 6.02. The summed E-state index contributed by atoms with van der Waals surface area (Å²) in [6, 6.07) is 6.90. The van der Waals surface area contributed by atoms with Crippen molar-refractivity contribution in [2.24, 2.45) is 5.92 Å². The zero-order valence-corrected chi connectivity index (χ0v) is 11.8. The fourth-order valence-electron chi connectivity index (χ4n) is 2.86. The van der Waals surface area contributed by atoms with Gasteiger partial charge in [-0.05, 0) is 56.8 Å². The van der Waals surface area contributed by atoms with Gasteiger partial charge in [0.2, 0.25) is 0 Å². The Kier molecular flexibility index (Phi) is 4.65. The van der Waals surface area contributed by atoms with Crippen LogP contribution in [0.2, 0.25) is 0 Å². The Balaban J connectivity index is 1.94. The fourth-order valence-corrected chi connectivity index (χ4v) is 2.86. The molecule has 0 bridgehead atoms. The van der Waals surface area contributed by atoms with Gasteiger partial charge in [0.25, 0.3) is 0 Å². The van der Waals surface area contributed by atoms with Crippen LogP contribution < -0.4 is 10.1 Å². The summed E-state index contributed by atoms with van der Waals surface area (Å²) in [6.07, 6.45) is 5.46. The van der Waals surface area contributed by atoms with Crippen LogP contribution in [0, 0.1) is 19.8 Å². The lowest BCUT2D eigenvalue weighted by atomic mass is 9.99. The van der Waals surface area contributed by atoms with Crippen LogP contribution in [0.15, 0.2) is 18.2 Å². The minimum Gasteiger partial charge on any atom is -0.492 e. The van der Waals surface area contributed by atoms with E-state index in [1.54, 1.807) is 0 Å². The normalized spacial score (nSPS) is 17.9. The van der Waals surface area contributed by atoms with Gasteiger partial charge in [-0.3, -0.25) is 0 Å². The molecule has 0 radical (unpaired) electrons. The molecule has 1 aromatic rings. The molecule has 0 heterocycles. The van der Waals surface area contributed by atoms with Crippen LogP contribution in [-0.2, 0) is 0 Å². The molecule has 1 aromatic carbocycles. The maximum Gasteiger partial charge on any atom is 0.122 e. The second-order valence-electron chi connectivity index (χ2n) is 5.52. The molecular weight excluding hydrogens is 222 g/mol. The number of aryl methyl sites for hydroxylation is 2. The van der Waals surface area contributed by atoms with E-state index in [0.717, 1.165) is 18.3 Å². The average molecular weight is 247 g/mol.